The Bertz CT molecular complexity index is 1570. The summed E-state index contributed by atoms with van der Waals surface area (Å²) in [6, 6.07) is 9.00. The summed E-state index contributed by atoms with van der Waals surface area (Å²) in [5, 5.41) is 0. The molecule has 0 heterocycles. The molecule has 1 aromatic rings. The van der Waals surface area contributed by atoms with Crippen LogP contribution in [0.3, 0.4) is 0 Å². The molecule has 0 amide bonds. The minimum atomic E-state index is -0.391. The monoisotopic (exact) mass is 1170 g/mol. The van der Waals surface area contributed by atoms with E-state index >= 15 is 0 Å². The normalized spacial score (nSPS) is 14.0. The van der Waals surface area contributed by atoms with Crippen LogP contribution >= 0.6 is 0 Å². The maximum Gasteiger partial charge on any atom is 0.311 e. The van der Waals surface area contributed by atoms with Crippen LogP contribution in [-0.4, -0.2) is 54.7 Å². The van der Waals surface area contributed by atoms with Gasteiger partial charge in [0.1, 0.15) is 11.4 Å². The number of carbonyl (C=O) groups is 4. The van der Waals surface area contributed by atoms with Crippen molar-refractivity contribution in [3.63, 3.8) is 0 Å². The first-order valence-corrected chi connectivity index (χ1v) is 27.0. The molecule has 1 aromatic carbocycles. The van der Waals surface area contributed by atoms with E-state index in [1.165, 1.54) is 24.0 Å². The van der Waals surface area contributed by atoms with E-state index in [0.29, 0.717) is 43.7 Å². The van der Waals surface area contributed by atoms with Gasteiger partial charge in [-0.1, -0.05) is 237 Å². The Kier molecular flexibility index (Phi) is 65.0. The highest BCUT2D eigenvalue weighted by atomic mass is 16.6. The van der Waals surface area contributed by atoms with Gasteiger partial charge in [0, 0.05) is 11.8 Å². The van der Waals surface area contributed by atoms with Gasteiger partial charge in [-0.15, -0.1) is 0 Å². The van der Waals surface area contributed by atoms with Crippen LogP contribution in [-0.2, 0) is 49.0 Å². The minimum absolute atomic E-state index is 0. The Labute approximate surface area is 515 Å². The largest absolute Gasteiger partial charge is 0.465 e. The Balaban J connectivity index is -0.0000000565. The van der Waals surface area contributed by atoms with E-state index in [4.69, 9.17) is 18.9 Å². The van der Waals surface area contributed by atoms with Crippen LogP contribution in [0.2, 0.25) is 0 Å². The van der Waals surface area contributed by atoms with Crippen molar-refractivity contribution >= 4 is 23.7 Å². The van der Waals surface area contributed by atoms with Crippen LogP contribution in [0.1, 0.15) is 345 Å². The van der Waals surface area contributed by atoms with Crippen molar-refractivity contribution in [2.45, 2.75) is 356 Å². The Morgan fingerprint density at radius 3 is 0.877 bits per heavy atom. The molecule has 1 fully saturated rings. The van der Waals surface area contributed by atoms with Gasteiger partial charge in [0.25, 0.3) is 0 Å². The molecular weight excluding hydrogens is 1000 g/mol. The fourth-order valence-electron chi connectivity index (χ4n) is 5.87. The molecule has 500 valence electrons. The summed E-state index contributed by atoms with van der Waals surface area (Å²) in [6.07, 6.45) is 5.83. The number of rotatable bonds is 7. The second-order valence-corrected chi connectivity index (χ2v) is 30.4. The van der Waals surface area contributed by atoms with Crippen LogP contribution in [0.15, 0.2) is 24.3 Å². The SMILES string of the molecule is C.C.C.C.C.C.C.C.C.C.CC.CC(C)(C)CC(=O)C(C)(C)C.CC(C)(C)CC(=O)OC(C)(C)C.CC(C)(C)COC(=O)C(C)(C)C.CC(C)(C)OCC1CCC(COC(=O)C(C)(C)C)CC1.CC(C)(C)c1ccc(C(C)(C)C)cc1. The molecule has 0 aromatic heterocycles. The van der Waals surface area contributed by atoms with Gasteiger partial charge >= 0.3 is 17.9 Å². The summed E-state index contributed by atoms with van der Waals surface area (Å²) in [7, 11) is 0. The Morgan fingerprint density at radius 1 is 0.383 bits per heavy atom. The minimum Gasteiger partial charge on any atom is -0.465 e. The number of esters is 3. The van der Waals surface area contributed by atoms with E-state index in [1.807, 2.05) is 138 Å². The molecule has 1 aliphatic carbocycles. The molecular formula is C73H160O8. The van der Waals surface area contributed by atoms with Gasteiger partial charge in [0.2, 0.25) is 0 Å². The first kappa shape index (κ1) is 113. The summed E-state index contributed by atoms with van der Waals surface area (Å²) >= 11 is 0. The fraction of sp³-hybridized carbons (Fsp3) is 0.863. The molecule has 0 saturated heterocycles. The first-order valence-electron chi connectivity index (χ1n) is 27.0. The smallest absolute Gasteiger partial charge is 0.311 e. The molecule has 0 bridgehead atoms. The van der Waals surface area contributed by atoms with Gasteiger partial charge in [-0.2, -0.15) is 0 Å². The van der Waals surface area contributed by atoms with Crippen LogP contribution in [0.5, 0.6) is 0 Å². The summed E-state index contributed by atoms with van der Waals surface area (Å²) in [4.78, 5) is 45.8. The number of ketones is 1. The number of Topliss-reactive ketones (excluding diaryl/α,β-unsaturated/α-hetero) is 1. The molecule has 0 aliphatic heterocycles. The molecule has 0 spiro atoms. The number of ether oxygens (including phenoxy) is 4. The van der Waals surface area contributed by atoms with Gasteiger partial charge in [-0.3, -0.25) is 19.2 Å². The van der Waals surface area contributed by atoms with E-state index in [-0.39, 0.29) is 141 Å². The standard InChI is InChI=1S/C17H32O3.C14H22.2C10H20O2.C10H20O.C2H6.10CH4/c1-16(2,3)15(18)19-11-13-7-9-14(10-8-13)12-20-17(4,5)6;1-13(2,3)11-7-9-12(10-8-11)14(4,5)6;1-9(2,3)7-12-8(11)10(4,5)6;1-9(2,3)7-8(11)12-10(4,5)6;1-9(2,3)7-8(11)10(4,5)6;1-2;;;;;;;;;;/h13-14H,7-12H2,1-6H3;7-10H,1-6H3;2*7H2,1-6H3;7H2,1-6H3;1-2H3;10*1H4. The topological polar surface area (TPSA) is 105 Å². The van der Waals surface area contributed by atoms with Gasteiger partial charge in [-0.05, 0) is 159 Å². The summed E-state index contributed by atoms with van der Waals surface area (Å²) in [5.41, 5.74) is 2.19. The summed E-state index contributed by atoms with van der Waals surface area (Å²) in [5.74, 6) is 1.23. The van der Waals surface area contributed by atoms with Gasteiger partial charge in [0.05, 0.1) is 42.7 Å². The van der Waals surface area contributed by atoms with Gasteiger partial charge in [0.15, 0.2) is 0 Å². The third kappa shape index (κ3) is 69.7. The lowest BCUT2D eigenvalue weighted by molar-refractivity contribution is -0.157. The van der Waals surface area contributed by atoms with Crippen molar-refractivity contribution in [2.75, 3.05) is 19.8 Å². The van der Waals surface area contributed by atoms with E-state index in [2.05, 4.69) is 107 Å². The van der Waals surface area contributed by atoms with Crippen molar-refractivity contribution in [3.05, 3.63) is 35.4 Å². The third-order valence-corrected chi connectivity index (χ3v) is 10.3. The highest BCUT2D eigenvalue weighted by Crippen LogP contribution is 2.32. The molecule has 8 heteroatoms. The molecule has 0 N–H and O–H groups in total. The zero-order chi connectivity index (χ0) is 57.6. The van der Waals surface area contributed by atoms with Gasteiger partial charge in [-0.25, -0.2) is 0 Å². The maximum absolute atomic E-state index is 11.7. The predicted octanol–water partition coefficient (Wildman–Crippen LogP) is 24.3. The lowest BCUT2D eigenvalue weighted by Gasteiger charge is -2.31. The average Bonchev–Trinajstić information content (AvgIpc) is 3.13. The lowest BCUT2D eigenvalue weighted by atomic mass is 9.80. The number of hydrogen-bond acceptors (Lipinski definition) is 8. The number of hydrogen-bond donors (Lipinski definition) is 0. The number of carbonyl (C=O) groups excluding carboxylic acids is 4. The second kappa shape index (κ2) is 46.5. The van der Waals surface area contributed by atoms with Crippen molar-refractivity contribution < 1.29 is 38.1 Å². The van der Waals surface area contributed by atoms with Crippen molar-refractivity contribution in [3.8, 4) is 0 Å². The Hall–Kier alpha value is -2.74. The van der Waals surface area contributed by atoms with Crippen LogP contribution in [0.4, 0.5) is 0 Å². The van der Waals surface area contributed by atoms with Crippen molar-refractivity contribution in [1.82, 2.24) is 0 Å². The summed E-state index contributed by atoms with van der Waals surface area (Å²) < 4.78 is 21.6. The van der Waals surface area contributed by atoms with E-state index < -0.39 is 5.41 Å². The molecule has 2 rings (SSSR count). The molecule has 1 aliphatic rings. The zero-order valence-corrected chi connectivity index (χ0v) is 53.1. The molecule has 0 radical (unpaired) electrons. The van der Waals surface area contributed by atoms with E-state index in [0.717, 1.165) is 19.4 Å². The quantitative estimate of drug-likeness (QED) is 0.196. The van der Waals surface area contributed by atoms with Crippen LogP contribution in [0.25, 0.3) is 0 Å². The van der Waals surface area contributed by atoms with Crippen LogP contribution in [0, 0.1) is 44.3 Å². The molecule has 0 unspecified atom stereocenters. The van der Waals surface area contributed by atoms with Crippen molar-refractivity contribution in [2.24, 2.45) is 44.3 Å². The second-order valence-electron chi connectivity index (χ2n) is 30.4. The number of benzene rings is 1. The van der Waals surface area contributed by atoms with E-state index in [9.17, 15) is 19.2 Å². The maximum atomic E-state index is 11.7. The molecule has 0 atom stereocenters. The predicted molar refractivity (Wildman–Crippen MR) is 372 cm³/mol. The fourth-order valence-corrected chi connectivity index (χ4v) is 5.87. The third-order valence-electron chi connectivity index (χ3n) is 10.3. The average molecular weight is 1170 g/mol. The molecule has 81 heavy (non-hydrogen) atoms. The van der Waals surface area contributed by atoms with Gasteiger partial charge < -0.3 is 18.9 Å². The summed E-state index contributed by atoms with van der Waals surface area (Å²) in [6.45, 7) is 67.1. The highest BCUT2D eigenvalue weighted by Gasteiger charge is 2.29. The molecule has 8 nitrogen and oxygen atoms in total. The van der Waals surface area contributed by atoms with E-state index in [1.54, 1.807) is 0 Å². The lowest BCUT2D eigenvalue weighted by Crippen LogP contribution is -2.29. The van der Waals surface area contributed by atoms with Crippen LogP contribution < -0.4 is 0 Å². The Morgan fingerprint density at radius 2 is 0.667 bits per heavy atom. The van der Waals surface area contributed by atoms with Crippen molar-refractivity contribution in [1.29, 1.82) is 0 Å². The highest BCUT2D eigenvalue weighted by molar-refractivity contribution is 5.84. The molecule has 1 saturated carbocycles. The zero-order valence-electron chi connectivity index (χ0n) is 53.1. The first-order chi connectivity index (χ1) is 31.1.